The molecule has 1 unspecified atom stereocenters. The van der Waals surface area contributed by atoms with Crippen molar-refractivity contribution in [1.82, 2.24) is 4.98 Å². The third-order valence-corrected chi connectivity index (χ3v) is 3.60. The summed E-state index contributed by atoms with van der Waals surface area (Å²) in [7, 11) is 0. The predicted molar refractivity (Wildman–Crippen MR) is 69.6 cm³/mol. The van der Waals surface area contributed by atoms with E-state index in [9.17, 15) is 0 Å². The molecule has 0 saturated carbocycles. The molecule has 1 aromatic heterocycles. The average Bonchev–Trinajstić information content (AvgIpc) is 2.72. The van der Waals surface area contributed by atoms with Gasteiger partial charge in [-0.05, 0) is 30.7 Å². The number of benzene rings is 1. The van der Waals surface area contributed by atoms with Crippen LogP contribution in [0.4, 0.5) is 0 Å². The number of fused-ring (bicyclic) bond motifs is 1. The summed E-state index contributed by atoms with van der Waals surface area (Å²) in [5.41, 5.74) is 7.97. The summed E-state index contributed by atoms with van der Waals surface area (Å²) in [6.07, 6.45) is 2.72. The molecular formula is C13H13BrN2O. The molecule has 3 nitrogen and oxygen atoms in total. The first-order valence-corrected chi connectivity index (χ1v) is 6.52. The van der Waals surface area contributed by atoms with Gasteiger partial charge in [0, 0.05) is 28.9 Å². The molecule has 3 rings (SSSR count). The number of aryl methyl sites for hydroxylation is 1. The van der Waals surface area contributed by atoms with Gasteiger partial charge in [-0.25, -0.2) is 4.98 Å². The van der Waals surface area contributed by atoms with Crippen LogP contribution in [0.1, 0.15) is 17.9 Å². The van der Waals surface area contributed by atoms with Gasteiger partial charge in [-0.3, -0.25) is 0 Å². The van der Waals surface area contributed by atoms with E-state index < -0.39 is 0 Å². The lowest BCUT2D eigenvalue weighted by molar-refractivity contribution is 0.463. The summed E-state index contributed by atoms with van der Waals surface area (Å²) in [6.45, 7) is 0. The number of hydrogen-bond donors (Lipinski definition) is 1. The van der Waals surface area contributed by atoms with Crippen molar-refractivity contribution in [1.29, 1.82) is 0 Å². The molecule has 0 aliphatic heterocycles. The van der Waals surface area contributed by atoms with E-state index in [4.69, 9.17) is 10.2 Å². The standard InChI is InChI=1S/C13H13BrN2O/c14-9-3-1-8(2-4-9)13-16-11-7-10(15)5-6-12(11)17-13/h1-4,10H,5-7,15H2. The Labute approximate surface area is 108 Å². The highest BCUT2D eigenvalue weighted by Crippen LogP contribution is 2.27. The van der Waals surface area contributed by atoms with Crippen molar-refractivity contribution in [2.45, 2.75) is 25.3 Å². The lowest BCUT2D eigenvalue weighted by Crippen LogP contribution is -2.27. The maximum Gasteiger partial charge on any atom is 0.226 e. The number of rotatable bonds is 1. The van der Waals surface area contributed by atoms with Crippen molar-refractivity contribution in [2.24, 2.45) is 5.73 Å². The summed E-state index contributed by atoms with van der Waals surface area (Å²) in [5.74, 6) is 1.71. The lowest BCUT2D eigenvalue weighted by atomic mass is 9.98. The van der Waals surface area contributed by atoms with Crippen LogP contribution in [0.2, 0.25) is 0 Å². The predicted octanol–water partition coefficient (Wildman–Crippen LogP) is 2.92. The number of hydrogen-bond acceptors (Lipinski definition) is 3. The van der Waals surface area contributed by atoms with Crippen molar-refractivity contribution in [2.75, 3.05) is 0 Å². The molecule has 1 aliphatic rings. The second-order valence-electron chi connectivity index (χ2n) is 4.40. The highest BCUT2D eigenvalue weighted by atomic mass is 79.9. The summed E-state index contributed by atoms with van der Waals surface area (Å²) in [6, 6.07) is 8.21. The Balaban J connectivity index is 1.97. The minimum Gasteiger partial charge on any atom is -0.441 e. The number of oxazole rings is 1. The van der Waals surface area contributed by atoms with Gasteiger partial charge in [0.15, 0.2) is 0 Å². The first-order valence-electron chi connectivity index (χ1n) is 5.72. The van der Waals surface area contributed by atoms with Crippen molar-refractivity contribution in [3.8, 4) is 11.5 Å². The molecule has 2 N–H and O–H groups in total. The molecule has 88 valence electrons. The molecule has 1 heterocycles. The van der Waals surface area contributed by atoms with E-state index in [2.05, 4.69) is 20.9 Å². The number of halogens is 1. The highest BCUT2D eigenvalue weighted by Gasteiger charge is 2.21. The van der Waals surface area contributed by atoms with E-state index >= 15 is 0 Å². The van der Waals surface area contributed by atoms with E-state index in [1.54, 1.807) is 0 Å². The van der Waals surface area contributed by atoms with Crippen LogP contribution < -0.4 is 5.73 Å². The van der Waals surface area contributed by atoms with Crippen molar-refractivity contribution in [3.63, 3.8) is 0 Å². The molecule has 1 aromatic carbocycles. The van der Waals surface area contributed by atoms with Crippen LogP contribution in [-0.2, 0) is 12.8 Å². The molecule has 1 atom stereocenters. The van der Waals surface area contributed by atoms with Crippen LogP contribution in [0.5, 0.6) is 0 Å². The smallest absolute Gasteiger partial charge is 0.226 e. The van der Waals surface area contributed by atoms with Gasteiger partial charge >= 0.3 is 0 Å². The maximum absolute atomic E-state index is 5.93. The molecule has 0 spiro atoms. The van der Waals surface area contributed by atoms with Crippen LogP contribution in [0.3, 0.4) is 0 Å². The quantitative estimate of drug-likeness (QED) is 0.879. The number of nitrogens with zero attached hydrogens (tertiary/aromatic N) is 1. The minimum absolute atomic E-state index is 0.227. The fourth-order valence-electron chi connectivity index (χ4n) is 2.12. The first kappa shape index (κ1) is 11.0. The largest absolute Gasteiger partial charge is 0.441 e. The van der Waals surface area contributed by atoms with Crippen LogP contribution >= 0.6 is 15.9 Å². The fourth-order valence-corrected chi connectivity index (χ4v) is 2.39. The van der Waals surface area contributed by atoms with Gasteiger partial charge < -0.3 is 10.2 Å². The molecular weight excluding hydrogens is 280 g/mol. The molecule has 1 aliphatic carbocycles. The van der Waals surface area contributed by atoms with Crippen molar-refractivity contribution < 1.29 is 4.42 Å². The van der Waals surface area contributed by atoms with Gasteiger partial charge in [-0.1, -0.05) is 15.9 Å². The van der Waals surface area contributed by atoms with Gasteiger partial charge in [0.1, 0.15) is 5.76 Å². The van der Waals surface area contributed by atoms with E-state index in [1.165, 1.54) is 0 Å². The van der Waals surface area contributed by atoms with Crippen LogP contribution in [0.25, 0.3) is 11.5 Å². The van der Waals surface area contributed by atoms with Crippen LogP contribution in [0.15, 0.2) is 33.2 Å². The summed E-state index contributed by atoms with van der Waals surface area (Å²) in [4.78, 5) is 4.54. The molecule has 0 fully saturated rings. The second-order valence-corrected chi connectivity index (χ2v) is 5.31. The van der Waals surface area contributed by atoms with Crippen molar-refractivity contribution in [3.05, 3.63) is 40.2 Å². The Hall–Kier alpha value is -1.13. The molecule has 0 radical (unpaired) electrons. The Kier molecular flexibility index (Phi) is 2.76. The third-order valence-electron chi connectivity index (χ3n) is 3.07. The number of nitrogens with two attached hydrogens (primary N) is 1. The molecule has 0 bridgehead atoms. The van der Waals surface area contributed by atoms with Crippen LogP contribution in [0, 0.1) is 0 Å². The van der Waals surface area contributed by atoms with E-state index in [0.717, 1.165) is 40.8 Å². The Bertz CT molecular complexity index is 533. The summed E-state index contributed by atoms with van der Waals surface area (Å²) in [5, 5.41) is 0. The van der Waals surface area contributed by atoms with Crippen LogP contribution in [-0.4, -0.2) is 11.0 Å². The SMILES string of the molecule is NC1CCc2oc(-c3ccc(Br)cc3)nc2C1. The third kappa shape index (κ3) is 2.15. The Morgan fingerprint density at radius 2 is 2.06 bits per heavy atom. The number of aromatic nitrogens is 1. The Morgan fingerprint density at radius 1 is 1.29 bits per heavy atom. The molecule has 0 amide bonds. The maximum atomic E-state index is 5.93. The fraction of sp³-hybridized carbons (Fsp3) is 0.308. The summed E-state index contributed by atoms with van der Waals surface area (Å²) >= 11 is 3.42. The van der Waals surface area contributed by atoms with Gasteiger partial charge in [-0.15, -0.1) is 0 Å². The lowest BCUT2D eigenvalue weighted by Gasteiger charge is -2.14. The Morgan fingerprint density at radius 3 is 2.82 bits per heavy atom. The van der Waals surface area contributed by atoms with Crippen molar-refractivity contribution >= 4 is 15.9 Å². The van der Waals surface area contributed by atoms with E-state index in [-0.39, 0.29) is 6.04 Å². The topological polar surface area (TPSA) is 52.0 Å². The van der Waals surface area contributed by atoms with E-state index in [0.29, 0.717) is 5.89 Å². The zero-order valence-electron chi connectivity index (χ0n) is 9.32. The monoisotopic (exact) mass is 292 g/mol. The van der Waals surface area contributed by atoms with E-state index in [1.807, 2.05) is 24.3 Å². The minimum atomic E-state index is 0.227. The van der Waals surface area contributed by atoms with Gasteiger partial charge in [0.25, 0.3) is 0 Å². The van der Waals surface area contributed by atoms with Gasteiger partial charge in [0.05, 0.1) is 5.69 Å². The molecule has 0 saturated heterocycles. The normalized spacial score (nSPS) is 19.1. The van der Waals surface area contributed by atoms with Gasteiger partial charge in [0.2, 0.25) is 5.89 Å². The van der Waals surface area contributed by atoms with Gasteiger partial charge in [-0.2, -0.15) is 0 Å². The molecule has 4 heteroatoms. The first-order chi connectivity index (χ1) is 8.22. The average molecular weight is 293 g/mol. The second kappa shape index (κ2) is 4.27. The molecule has 2 aromatic rings. The highest BCUT2D eigenvalue weighted by molar-refractivity contribution is 9.10. The molecule has 17 heavy (non-hydrogen) atoms. The zero-order chi connectivity index (χ0) is 11.8. The zero-order valence-corrected chi connectivity index (χ0v) is 10.9. The summed E-state index contributed by atoms with van der Waals surface area (Å²) < 4.78 is 6.85.